The number of hydrogen-bond acceptors (Lipinski definition) is 5. The number of aliphatic hydroxyl groups excluding tert-OH is 1. The molecule has 12 heavy (non-hydrogen) atoms. The maximum Gasteiger partial charge on any atom is 1.00 e. The van der Waals surface area contributed by atoms with E-state index in [4.69, 9.17) is 5.11 Å². The topological polar surface area (TPSA) is 100 Å². The molecule has 1 atom stereocenters. The smallest absolute Gasteiger partial charge is 1.00 e. The Kier molecular flexibility index (Phi) is 28.8. The van der Waals surface area contributed by atoms with E-state index in [0.29, 0.717) is 0 Å². The molecule has 0 saturated carbocycles. The summed E-state index contributed by atoms with van der Waals surface area (Å²) >= 11 is 0. The summed E-state index contributed by atoms with van der Waals surface area (Å²) < 4.78 is 0. The molecule has 0 rings (SSSR count). The minimum absolute atomic E-state index is 0. The van der Waals surface area contributed by atoms with Crippen molar-refractivity contribution in [3.05, 3.63) is 0 Å². The SMILES string of the molecule is O=C([O-])CC(O)C(=O)[O-].[H-].[K+].[K+].[Na+]. The van der Waals surface area contributed by atoms with Gasteiger partial charge in [-0.3, -0.25) is 0 Å². The predicted octanol–water partition coefficient (Wildman–Crippen LogP) is -12.6. The van der Waals surface area contributed by atoms with Gasteiger partial charge in [0.05, 0.1) is 12.1 Å². The van der Waals surface area contributed by atoms with Crippen molar-refractivity contribution >= 4 is 11.9 Å². The third-order valence-corrected chi connectivity index (χ3v) is 0.632. The van der Waals surface area contributed by atoms with Gasteiger partial charge in [0.1, 0.15) is 0 Å². The Hall–Kier alpha value is 3.17. The van der Waals surface area contributed by atoms with E-state index in [-0.39, 0.29) is 134 Å². The monoisotopic (exact) mass is 234 g/mol. The van der Waals surface area contributed by atoms with E-state index in [1.807, 2.05) is 0 Å². The van der Waals surface area contributed by atoms with E-state index >= 15 is 0 Å². The van der Waals surface area contributed by atoms with Crippen LogP contribution in [-0.4, -0.2) is 23.1 Å². The molecule has 8 heteroatoms. The van der Waals surface area contributed by atoms with Crippen LogP contribution in [0.15, 0.2) is 0 Å². The maximum absolute atomic E-state index is 9.58. The number of hydrogen-bond donors (Lipinski definition) is 1. The summed E-state index contributed by atoms with van der Waals surface area (Å²) in [4.78, 5) is 19.1. The van der Waals surface area contributed by atoms with Gasteiger partial charge >= 0.3 is 132 Å². The van der Waals surface area contributed by atoms with Crippen molar-refractivity contribution < 1.29 is 159 Å². The standard InChI is InChI=1S/C4H6O5.2K.Na.H/c5-2(4(8)9)1-3(6)7;;;;/h2,5H,1H2,(H,6,7)(H,8,9);;;;/q;3*+1;-1/p-2. The van der Waals surface area contributed by atoms with Gasteiger partial charge in [0, 0.05) is 12.4 Å². The Bertz CT molecular complexity index is 146. The largest absolute Gasteiger partial charge is 1.00 e. The molecular weight excluding hydrogens is 229 g/mol. The van der Waals surface area contributed by atoms with Gasteiger partial charge in [-0.15, -0.1) is 0 Å². The molecule has 54 valence electrons. The Morgan fingerprint density at radius 1 is 1.33 bits per heavy atom. The minimum Gasteiger partial charge on any atom is -1.00 e. The molecule has 0 bridgehead atoms. The van der Waals surface area contributed by atoms with Gasteiger partial charge in [0.2, 0.25) is 0 Å². The quantitative estimate of drug-likeness (QED) is 0.489. The molecular formula is C4H5K2NaO5. The molecule has 0 aliphatic rings. The summed E-state index contributed by atoms with van der Waals surface area (Å²) in [6, 6.07) is 0. The molecule has 0 aromatic heterocycles. The van der Waals surface area contributed by atoms with Gasteiger partial charge in [-0.25, -0.2) is 0 Å². The molecule has 0 amide bonds. The second-order valence-corrected chi connectivity index (χ2v) is 1.41. The molecule has 1 N–H and O–H groups in total. The molecule has 0 saturated heterocycles. The van der Waals surface area contributed by atoms with Crippen molar-refractivity contribution in [3.63, 3.8) is 0 Å². The summed E-state index contributed by atoms with van der Waals surface area (Å²) in [5, 5.41) is 27.3. The second-order valence-electron chi connectivity index (χ2n) is 1.41. The van der Waals surface area contributed by atoms with Gasteiger partial charge in [0.25, 0.3) is 0 Å². The summed E-state index contributed by atoms with van der Waals surface area (Å²) in [5.74, 6) is -3.43. The van der Waals surface area contributed by atoms with Crippen molar-refractivity contribution in [2.75, 3.05) is 0 Å². The number of carboxylic acid groups (broad SMARTS) is 2. The van der Waals surface area contributed by atoms with E-state index in [2.05, 4.69) is 0 Å². The van der Waals surface area contributed by atoms with Crippen molar-refractivity contribution in [1.29, 1.82) is 0 Å². The summed E-state index contributed by atoms with van der Waals surface area (Å²) in [7, 11) is 0. The van der Waals surface area contributed by atoms with Crippen LogP contribution in [0.5, 0.6) is 0 Å². The summed E-state index contributed by atoms with van der Waals surface area (Å²) in [6.45, 7) is 0. The Labute approximate surface area is 178 Å². The molecule has 1 unspecified atom stereocenters. The van der Waals surface area contributed by atoms with E-state index in [1.54, 1.807) is 0 Å². The summed E-state index contributed by atoms with van der Waals surface area (Å²) in [5.41, 5.74) is 0. The molecule has 0 heterocycles. The van der Waals surface area contributed by atoms with E-state index in [1.165, 1.54) is 0 Å². The number of carbonyl (C=O) groups excluding carboxylic acids is 2. The predicted molar refractivity (Wildman–Crippen MR) is 21.7 cm³/mol. The zero-order valence-electron chi connectivity index (χ0n) is 8.36. The third-order valence-electron chi connectivity index (χ3n) is 0.632. The molecule has 0 aromatic carbocycles. The molecule has 0 aromatic rings. The second kappa shape index (κ2) is 14.2. The number of carbonyl (C=O) groups is 2. The van der Waals surface area contributed by atoms with Crippen molar-refractivity contribution in [2.45, 2.75) is 12.5 Å². The fourth-order valence-corrected chi connectivity index (χ4v) is 0.241. The fraction of sp³-hybridized carbons (Fsp3) is 0.500. The number of aliphatic carboxylic acids is 2. The minimum atomic E-state index is -1.96. The van der Waals surface area contributed by atoms with E-state index in [9.17, 15) is 19.8 Å². The van der Waals surface area contributed by atoms with Gasteiger partial charge in [-0.05, 0) is 0 Å². The molecule has 0 radical (unpaired) electrons. The van der Waals surface area contributed by atoms with Crippen molar-refractivity contribution in [2.24, 2.45) is 0 Å². The van der Waals surface area contributed by atoms with Crippen LogP contribution >= 0.6 is 0 Å². The first-order valence-corrected chi connectivity index (χ1v) is 2.13. The van der Waals surface area contributed by atoms with Crippen LogP contribution in [0.3, 0.4) is 0 Å². The van der Waals surface area contributed by atoms with Gasteiger partial charge in [0.15, 0.2) is 0 Å². The van der Waals surface area contributed by atoms with Gasteiger partial charge < -0.3 is 26.3 Å². The molecule has 0 aliphatic carbocycles. The fourth-order valence-electron chi connectivity index (χ4n) is 0.241. The molecule has 0 spiro atoms. The van der Waals surface area contributed by atoms with Crippen molar-refractivity contribution in [3.8, 4) is 0 Å². The average Bonchev–Trinajstić information content (AvgIpc) is 1.63. The van der Waals surface area contributed by atoms with Gasteiger partial charge in [-0.1, -0.05) is 0 Å². The van der Waals surface area contributed by atoms with Crippen LogP contribution in [0.4, 0.5) is 0 Å². The Morgan fingerprint density at radius 2 is 1.67 bits per heavy atom. The van der Waals surface area contributed by atoms with Crippen molar-refractivity contribution in [1.82, 2.24) is 0 Å². The Morgan fingerprint density at radius 3 is 1.75 bits per heavy atom. The number of carboxylic acids is 2. The van der Waals surface area contributed by atoms with Crippen LogP contribution < -0.4 is 143 Å². The maximum atomic E-state index is 9.58. The number of rotatable bonds is 3. The first kappa shape index (κ1) is 24.4. The summed E-state index contributed by atoms with van der Waals surface area (Å²) in [6.07, 6.45) is -2.89. The van der Waals surface area contributed by atoms with Crippen LogP contribution in [0.1, 0.15) is 7.85 Å². The first-order chi connectivity index (χ1) is 4.04. The third kappa shape index (κ3) is 15.6. The van der Waals surface area contributed by atoms with Gasteiger partial charge in [-0.2, -0.15) is 0 Å². The first-order valence-electron chi connectivity index (χ1n) is 2.13. The Balaban J connectivity index is -0.0000000533. The average molecular weight is 234 g/mol. The van der Waals surface area contributed by atoms with Crippen LogP contribution in [0.25, 0.3) is 0 Å². The van der Waals surface area contributed by atoms with Crippen LogP contribution in [0, 0.1) is 0 Å². The van der Waals surface area contributed by atoms with E-state index in [0.717, 1.165) is 0 Å². The normalized spacial score (nSPS) is 9.42. The molecule has 0 aliphatic heterocycles. The van der Waals surface area contributed by atoms with E-state index < -0.39 is 24.5 Å². The van der Waals surface area contributed by atoms with Crippen LogP contribution in [0.2, 0.25) is 0 Å². The number of aliphatic hydroxyl groups is 1. The zero-order valence-corrected chi connectivity index (χ0v) is 15.6. The van der Waals surface area contributed by atoms with Crippen LogP contribution in [-0.2, 0) is 9.59 Å². The molecule has 0 fully saturated rings. The molecule has 5 nitrogen and oxygen atoms in total. The zero-order chi connectivity index (χ0) is 7.44.